The molecule has 110 valence electrons. The van der Waals surface area contributed by atoms with E-state index < -0.39 is 10.7 Å². The van der Waals surface area contributed by atoms with E-state index in [1.54, 1.807) is 7.11 Å². The SMILES string of the molecule is COc1ccccc1CCNc1ccc(F)cc1[N+](=O)[O-]. The third-order valence-electron chi connectivity index (χ3n) is 3.06. The predicted molar refractivity (Wildman–Crippen MR) is 78.2 cm³/mol. The van der Waals surface area contributed by atoms with Gasteiger partial charge in [-0.3, -0.25) is 10.1 Å². The van der Waals surface area contributed by atoms with E-state index in [9.17, 15) is 14.5 Å². The van der Waals surface area contributed by atoms with Crippen molar-refractivity contribution in [2.75, 3.05) is 19.0 Å². The highest BCUT2D eigenvalue weighted by Gasteiger charge is 2.14. The summed E-state index contributed by atoms with van der Waals surface area (Å²) in [6, 6.07) is 11.0. The molecule has 0 fully saturated rings. The summed E-state index contributed by atoms with van der Waals surface area (Å²) in [7, 11) is 1.59. The van der Waals surface area contributed by atoms with E-state index in [0.717, 1.165) is 17.4 Å². The van der Waals surface area contributed by atoms with Crippen LogP contribution in [0.2, 0.25) is 0 Å². The lowest BCUT2D eigenvalue weighted by atomic mass is 10.1. The van der Waals surface area contributed by atoms with Crippen molar-refractivity contribution >= 4 is 11.4 Å². The fraction of sp³-hybridized carbons (Fsp3) is 0.200. The summed E-state index contributed by atoms with van der Waals surface area (Å²) in [6.07, 6.45) is 0.637. The first-order valence-corrected chi connectivity index (χ1v) is 6.41. The Morgan fingerprint density at radius 3 is 2.76 bits per heavy atom. The van der Waals surface area contributed by atoms with E-state index >= 15 is 0 Å². The van der Waals surface area contributed by atoms with Crippen molar-refractivity contribution in [1.82, 2.24) is 0 Å². The highest BCUT2D eigenvalue weighted by molar-refractivity contribution is 5.61. The van der Waals surface area contributed by atoms with Gasteiger partial charge in [0, 0.05) is 6.54 Å². The molecule has 0 bridgehead atoms. The number of para-hydroxylation sites is 1. The maximum absolute atomic E-state index is 13.0. The van der Waals surface area contributed by atoms with Gasteiger partial charge in [0.15, 0.2) is 0 Å². The predicted octanol–water partition coefficient (Wildman–Crippen LogP) is 3.40. The number of halogens is 1. The molecule has 5 nitrogen and oxygen atoms in total. The summed E-state index contributed by atoms with van der Waals surface area (Å²) in [5.74, 6) is 0.143. The van der Waals surface area contributed by atoms with Crippen LogP contribution >= 0.6 is 0 Å². The van der Waals surface area contributed by atoms with Crippen molar-refractivity contribution in [1.29, 1.82) is 0 Å². The van der Waals surface area contributed by atoms with Gasteiger partial charge < -0.3 is 10.1 Å². The second-order valence-corrected chi connectivity index (χ2v) is 4.41. The Kier molecular flexibility index (Phi) is 4.71. The molecule has 0 spiro atoms. The van der Waals surface area contributed by atoms with Crippen LogP contribution in [0, 0.1) is 15.9 Å². The fourth-order valence-corrected chi connectivity index (χ4v) is 2.05. The highest BCUT2D eigenvalue weighted by Crippen LogP contribution is 2.25. The first kappa shape index (κ1) is 14.8. The van der Waals surface area contributed by atoms with Gasteiger partial charge in [-0.2, -0.15) is 0 Å². The first-order valence-electron chi connectivity index (χ1n) is 6.41. The molecular formula is C15H15FN2O3. The smallest absolute Gasteiger partial charge is 0.295 e. The van der Waals surface area contributed by atoms with E-state index in [1.165, 1.54) is 12.1 Å². The summed E-state index contributed by atoms with van der Waals surface area (Å²) in [6.45, 7) is 0.479. The molecular weight excluding hydrogens is 275 g/mol. The van der Waals surface area contributed by atoms with Gasteiger partial charge in [0.05, 0.1) is 18.1 Å². The molecule has 0 saturated heterocycles. The van der Waals surface area contributed by atoms with Crippen molar-refractivity contribution in [3.8, 4) is 5.75 Å². The second-order valence-electron chi connectivity index (χ2n) is 4.41. The van der Waals surface area contributed by atoms with Crippen LogP contribution in [0.15, 0.2) is 42.5 Å². The average molecular weight is 290 g/mol. The number of methoxy groups -OCH3 is 1. The highest BCUT2D eigenvalue weighted by atomic mass is 19.1. The maximum atomic E-state index is 13.0. The lowest BCUT2D eigenvalue weighted by Gasteiger charge is -2.10. The zero-order valence-electron chi connectivity index (χ0n) is 11.5. The van der Waals surface area contributed by atoms with Crippen LogP contribution in [-0.4, -0.2) is 18.6 Å². The van der Waals surface area contributed by atoms with Crippen LogP contribution in [-0.2, 0) is 6.42 Å². The third-order valence-corrected chi connectivity index (χ3v) is 3.06. The van der Waals surface area contributed by atoms with Crippen molar-refractivity contribution in [2.45, 2.75) is 6.42 Å². The molecule has 2 aromatic carbocycles. The van der Waals surface area contributed by atoms with E-state index in [2.05, 4.69) is 5.32 Å². The number of benzene rings is 2. The minimum atomic E-state index is -0.628. The van der Waals surface area contributed by atoms with E-state index in [-0.39, 0.29) is 5.69 Å². The number of nitrogens with one attached hydrogen (secondary N) is 1. The Morgan fingerprint density at radius 1 is 1.29 bits per heavy atom. The van der Waals surface area contributed by atoms with Crippen molar-refractivity contribution < 1.29 is 14.1 Å². The van der Waals surface area contributed by atoms with E-state index in [0.29, 0.717) is 18.7 Å². The number of ether oxygens (including phenoxy) is 1. The third kappa shape index (κ3) is 3.68. The van der Waals surface area contributed by atoms with E-state index in [1.807, 2.05) is 24.3 Å². The Hall–Kier alpha value is -2.63. The second kappa shape index (κ2) is 6.69. The van der Waals surface area contributed by atoms with Crippen LogP contribution in [0.4, 0.5) is 15.8 Å². The topological polar surface area (TPSA) is 64.4 Å². The van der Waals surface area contributed by atoms with Gasteiger partial charge >= 0.3 is 0 Å². The summed E-state index contributed by atoms with van der Waals surface area (Å²) in [5, 5.41) is 13.8. The number of nitrogens with zero attached hydrogens (tertiary/aromatic N) is 1. The van der Waals surface area contributed by atoms with Crippen LogP contribution in [0.25, 0.3) is 0 Å². The Balaban J connectivity index is 2.05. The van der Waals surface area contributed by atoms with Gasteiger partial charge in [-0.05, 0) is 30.2 Å². The number of nitro benzene ring substituents is 1. The molecule has 6 heteroatoms. The average Bonchev–Trinajstić information content (AvgIpc) is 2.49. The molecule has 0 amide bonds. The van der Waals surface area contributed by atoms with Crippen molar-refractivity contribution in [3.63, 3.8) is 0 Å². The van der Waals surface area contributed by atoms with Crippen LogP contribution in [0.1, 0.15) is 5.56 Å². The number of anilines is 1. The number of rotatable bonds is 6. The van der Waals surface area contributed by atoms with Crippen LogP contribution in [0.5, 0.6) is 5.75 Å². The van der Waals surface area contributed by atoms with Gasteiger partial charge in [-0.1, -0.05) is 18.2 Å². The van der Waals surface area contributed by atoms with Gasteiger partial charge in [-0.25, -0.2) is 4.39 Å². The number of hydrogen-bond donors (Lipinski definition) is 1. The number of hydrogen-bond acceptors (Lipinski definition) is 4. The Labute approximate surface area is 121 Å². The standard InChI is InChI=1S/C15H15FN2O3/c1-21-15-5-3-2-4-11(15)8-9-17-13-7-6-12(16)10-14(13)18(19)20/h2-7,10,17H,8-9H2,1H3. The molecule has 0 unspecified atom stereocenters. The van der Waals surface area contributed by atoms with Gasteiger partial charge in [-0.15, -0.1) is 0 Å². The Bertz CT molecular complexity index is 647. The van der Waals surface area contributed by atoms with Gasteiger partial charge in [0.25, 0.3) is 5.69 Å². The maximum Gasteiger partial charge on any atom is 0.295 e. The van der Waals surface area contributed by atoms with Crippen molar-refractivity contribution in [2.24, 2.45) is 0 Å². The quantitative estimate of drug-likeness (QED) is 0.654. The molecule has 0 heterocycles. The molecule has 2 aromatic rings. The summed E-state index contributed by atoms with van der Waals surface area (Å²) >= 11 is 0. The molecule has 0 aliphatic heterocycles. The largest absolute Gasteiger partial charge is 0.496 e. The molecule has 0 radical (unpaired) electrons. The molecule has 1 N–H and O–H groups in total. The van der Waals surface area contributed by atoms with Gasteiger partial charge in [0.2, 0.25) is 0 Å². The van der Waals surface area contributed by atoms with Gasteiger partial charge in [0.1, 0.15) is 17.3 Å². The lowest BCUT2D eigenvalue weighted by Crippen LogP contribution is -2.07. The molecule has 2 rings (SSSR count). The summed E-state index contributed by atoms with van der Waals surface area (Å²) in [4.78, 5) is 10.3. The van der Waals surface area contributed by atoms with E-state index in [4.69, 9.17) is 4.74 Å². The van der Waals surface area contributed by atoms with Crippen LogP contribution in [0.3, 0.4) is 0 Å². The molecule has 0 saturated carbocycles. The zero-order valence-corrected chi connectivity index (χ0v) is 11.5. The molecule has 0 atom stereocenters. The first-order chi connectivity index (χ1) is 10.1. The minimum Gasteiger partial charge on any atom is -0.496 e. The minimum absolute atomic E-state index is 0.268. The van der Waals surface area contributed by atoms with Crippen LogP contribution < -0.4 is 10.1 Å². The fourth-order valence-electron chi connectivity index (χ4n) is 2.05. The Morgan fingerprint density at radius 2 is 2.05 bits per heavy atom. The summed E-state index contributed by atoms with van der Waals surface area (Å²) < 4.78 is 18.3. The number of nitro groups is 1. The normalized spacial score (nSPS) is 10.2. The summed E-state index contributed by atoms with van der Waals surface area (Å²) in [5.41, 5.74) is 1.03. The monoisotopic (exact) mass is 290 g/mol. The van der Waals surface area contributed by atoms with Crippen molar-refractivity contribution in [3.05, 3.63) is 64.0 Å². The molecule has 0 aliphatic rings. The lowest BCUT2D eigenvalue weighted by molar-refractivity contribution is -0.384. The molecule has 0 aromatic heterocycles. The molecule has 21 heavy (non-hydrogen) atoms. The molecule has 0 aliphatic carbocycles. The zero-order chi connectivity index (χ0) is 15.2.